The molecule has 0 fully saturated rings. The molecule has 0 saturated carbocycles. The van der Waals surface area contributed by atoms with Crippen LogP contribution < -0.4 is 9.80 Å². The van der Waals surface area contributed by atoms with Crippen molar-refractivity contribution in [3.63, 3.8) is 0 Å². The van der Waals surface area contributed by atoms with Gasteiger partial charge in [0.25, 0.3) is 0 Å². The Morgan fingerprint density at radius 1 is 0.350 bits per heavy atom. The van der Waals surface area contributed by atoms with E-state index in [0.29, 0.717) is 0 Å². The van der Waals surface area contributed by atoms with Gasteiger partial charge < -0.3 is 9.80 Å². The molecule has 0 bridgehead atoms. The summed E-state index contributed by atoms with van der Waals surface area (Å²) in [5.41, 5.74) is 19.4. The Labute approximate surface area is 353 Å². The molecule has 1 heterocycles. The molecule has 0 amide bonds. The maximum Gasteiger partial charge on any atom is 0.0618 e. The van der Waals surface area contributed by atoms with Crippen LogP contribution in [0.25, 0.3) is 44.2 Å². The van der Waals surface area contributed by atoms with Crippen LogP contribution in [0.3, 0.4) is 0 Å². The van der Waals surface area contributed by atoms with Crippen molar-refractivity contribution in [1.29, 1.82) is 0 Å². The van der Waals surface area contributed by atoms with Crippen molar-refractivity contribution in [2.24, 2.45) is 0 Å². The molecule has 1 aliphatic heterocycles. The van der Waals surface area contributed by atoms with Gasteiger partial charge in [-0.3, -0.25) is 0 Å². The standard InChI is InChI=1S/C58H46N2/c1-57(2)50-27-14-13-26-48(50)49-34-32-45(38-53(49)57)59(43-22-9-6-10-23-43)44-24-17-21-42(36-44)47-33-30-40-20-11-12-25-46(40)56(47)60-54-29-16-15-28-51(54)58(3,4)52-35-31-41(37-55(52)60)39-18-7-5-8-19-39/h5-38H,1-4H3. The molecule has 0 unspecified atom stereocenters. The molecule has 2 nitrogen and oxygen atoms in total. The van der Waals surface area contributed by atoms with Crippen LogP contribution in [0.2, 0.25) is 0 Å². The number of anilines is 6. The van der Waals surface area contributed by atoms with Gasteiger partial charge in [-0.1, -0.05) is 185 Å². The molecule has 1 aliphatic carbocycles. The van der Waals surface area contributed by atoms with Gasteiger partial charge in [0.2, 0.25) is 0 Å². The van der Waals surface area contributed by atoms with Gasteiger partial charge >= 0.3 is 0 Å². The zero-order chi connectivity index (χ0) is 40.6. The topological polar surface area (TPSA) is 6.48 Å². The molecule has 0 N–H and O–H groups in total. The molecule has 11 rings (SSSR count). The van der Waals surface area contributed by atoms with Crippen molar-refractivity contribution < 1.29 is 0 Å². The van der Waals surface area contributed by atoms with Crippen LogP contribution >= 0.6 is 0 Å². The van der Waals surface area contributed by atoms with E-state index in [0.717, 1.165) is 22.6 Å². The predicted octanol–water partition coefficient (Wildman–Crippen LogP) is 16.1. The molecule has 288 valence electrons. The number of para-hydroxylation sites is 2. The largest absolute Gasteiger partial charge is 0.310 e. The van der Waals surface area contributed by atoms with Gasteiger partial charge in [0.15, 0.2) is 0 Å². The number of nitrogens with zero attached hydrogens (tertiary/aromatic N) is 2. The van der Waals surface area contributed by atoms with E-state index in [-0.39, 0.29) is 10.8 Å². The van der Waals surface area contributed by atoms with Crippen LogP contribution in [0.4, 0.5) is 34.1 Å². The average Bonchev–Trinajstić information content (AvgIpc) is 3.52. The molecular weight excluding hydrogens is 725 g/mol. The normalized spacial score (nSPS) is 14.2. The lowest BCUT2D eigenvalue weighted by Crippen LogP contribution is -2.31. The Balaban J connectivity index is 1.13. The summed E-state index contributed by atoms with van der Waals surface area (Å²) in [6.45, 7) is 9.46. The zero-order valence-electron chi connectivity index (χ0n) is 34.5. The van der Waals surface area contributed by atoms with E-state index in [4.69, 9.17) is 0 Å². The van der Waals surface area contributed by atoms with Crippen molar-refractivity contribution in [1.82, 2.24) is 0 Å². The fourth-order valence-corrected chi connectivity index (χ4v) is 10.2. The quantitative estimate of drug-likeness (QED) is 0.166. The fourth-order valence-electron chi connectivity index (χ4n) is 10.2. The summed E-state index contributed by atoms with van der Waals surface area (Å²) in [7, 11) is 0. The Kier molecular flexibility index (Phi) is 8.22. The third-order valence-electron chi connectivity index (χ3n) is 13.2. The van der Waals surface area contributed by atoms with Gasteiger partial charge in [0.05, 0.1) is 17.1 Å². The highest BCUT2D eigenvalue weighted by Gasteiger charge is 2.39. The first kappa shape index (κ1) is 36.0. The summed E-state index contributed by atoms with van der Waals surface area (Å²) >= 11 is 0. The summed E-state index contributed by atoms with van der Waals surface area (Å²) in [6.07, 6.45) is 0. The van der Waals surface area contributed by atoms with Crippen LogP contribution in [0.1, 0.15) is 49.9 Å². The van der Waals surface area contributed by atoms with Crippen LogP contribution in [-0.2, 0) is 10.8 Å². The summed E-state index contributed by atoms with van der Waals surface area (Å²) in [5.74, 6) is 0. The molecular formula is C58H46N2. The van der Waals surface area contributed by atoms with Crippen LogP contribution in [-0.4, -0.2) is 0 Å². The van der Waals surface area contributed by atoms with Crippen molar-refractivity contribution in [2.75, 3.05) is 9.80 Å². The van der Waals surface area contributed by atoms with Crippen molar-refractivity contribution in [3.8, 4) is 33.4 Å². The average molecular weight is 771 g/mol. The van der Waals surface area contributed by atoms with E-state index in [2.05, 4.69) is 244 Å². The molecule has 0 saturated heterocycles. The first-order chi connectivity index (χ1) is 29.3. The fraction of sp³-hybridized carbons (Fsp3) is 0.103. The number of hydrogen-bond acceptors (Lipinski definition) is 2. The molecule has 0 aromatic heterocycles. The zero-order valence-corrected chi connectivity index (χ0v) is 34.5. The third-order valence-corrected chi connectivity index (χ3v) is 13.2. The molecule has 9 aromatic carbocycles. The molecule has 2 heteroatoms. The first-order valence-corrected chi connectivity index (χ1v) is 21.1. The lowest BCUT2D eigenvalue weighted by molar-refractivity contribution is 0.632. The van der Waals surface area contributed by atoms with Crippen molar-refractivity contribution >= 4 is 44.9 Å². The Morgan fingerprint density at radius 2 is 0.950 bits per heavy atom. The van der Waals surface area contributed by atoms with Crippen LogP contribution in [0.5, 0.6) is 0 Å². The Hall–Kier alpha value is -7.16. The van der Waals surface area contributed by atoms with E-state index in [1.165, 1.54) is 77.9 Å². The highest BCUT2D eigenvalue weighted by atomic mass is 15.2. The second-order valence-corrected chi connectivity index (χ2v) is 17.4. The summed E-state index contributed by atoms with van der Waals surface area (Å²) < 4.78 is 0. The van der Waals surface area contributed by atoms with Crippen LogP contribution in [0.15, 0.2) is 206 Å². The Morgan fingerprint density at radius 3 is 1.78 bits per heavy atom. The van der Waals surface area contributed by atoms with E-state index in [1.807, 2.05) is 0 Å². The van der Waals surface area contributed by atoms with Gasteiger partial charge in [-0.15, -0.1) is 0 Å². The lowest BCUT2D eigenvalue weighted by atomic mass is 9.73. The number of benzene rings is 9. The first-order valence-electron chi connectivity index (χ1n) is 21.1. The molecule has 0 spiro atoms. The Bertz CT molecular complexity index is 3100. The molecule has 0 atom stereocenters. The number of rotatable bonds is 6. The SMILES string of the molecule is CC1(C)c2ccccc2-c2ccc(N(c3ccccc3)c3cccc(-c4ccc5ccccc5c4N4c5ccccc5C(C)(C)c5ccc(-c6ccccc6)cc54)c3)cc21. The molecule has 60 heavy (non-hydrogen) atoms. The second-order valence-electron chi connectivity index (χ2n) is 17.4. The smallest absolute Gasteiger partial charge is 0.0618 e. The van der Waals surface area contributed by atoms with Crippen molar-refractivity contribution in [3.05, 3.63) is 229 Å². The van der Waals surface area contributed by atoms with E-state index < -0.39 is 0 Å². The monoisotopic (exact) mass is 770 g/mol. The van der Waals surface area contributed by atoms with E-state index in [1.54, 1.807) is 0 Å². The van der Waals surface area contributed by atoms with Gasteiger partial charge in [-0.2, -0.15) is 0 Å². The molecule has 2 aliphatic rings. The minimum absolute atomic E-state index is 0.109. The highest BCUT2D eigenvalue weighted by molar-refractivity contribution is 6.08. The maximum absolute atomic E-state index is 2.56. The minimum atomic E-state index is -0.204. The minimum Gasteiger partial charge on any atom is -0.310 e. The number of hydrogen-bond donors (Lipinski definition) is 0. The van der Waals surface area contributed by atoms with Gasteiger partial charge in [0.1, 0.15) is 0 Å². The second kappa shape index (κ2) is 13.7. The summed E-state index contributed by atoms with van der Waals surface area (Å²) in [4.78, 5) is 4.98. The van der Waals surface area contributed by atoms with Crippen molar-refractivity contribution in [2.45, 2.75) is 38.5 Å². The van der Waals surface area contributed by atoms with Gasteiger partial charge in [-0.25, -0.2) is 0 Å². The maximum atomic E-state index is 2.56. The van der Waals surface area contributed by atoms with E-state index in [9.17, 15) is 0 Å². The molecule has 9 aromatic rings. The summed E-state index contributed by atoms with van der Waals surface area (Å²) in [5, 5.41) is 2.43. The van der Waals surface area contributed by atoms with Crippen LogP contribution in [0, 0.1) is 0 Å². The van der Waals surface area contributed by atoms with Gasteiger partial charge in [-0.05, 0) is 104 Å². The predicted molar refractivity (Wildman–Crippen MR) is 254 cm³/mol. The van der Waals surface area contributed by atoms with Gasteiger partial charge in [0, 0.05) is 38.8 Å². The third kappa shape index (κ3) is 5.55. The number of fused-ring (bicyclic) bond motifs is 6. The molecule has 0 radical (unpaired) electrons. The van der Waals surface area contributed by atoms with E-state index >= 15 is 0 Å². The summed E-state index contributed by atoms with van der Waals surface area (Å²) in [6, 6.07) is 76.2. The highest BCUT2D eigenvalue weighted by Crippen LogP contribution is 2.56. The lowest BCUT2D eigenvalue weighted by Gasteiger charge is -2.43.